The predicted molar refractivity (Wildman–Crippen MR) is 112 cm³/mol. The Kier molecular flexibility index (Phi) is 5.18. The number of hydrogen-bond donors (Lipinski definition) is 0. The van der Waals surface area contributed by atoms with Gasteiger partial charge in [-0.3, -0.25) is 14.9 Å². The number of pyridine rings is 2. The number of ether oxygens (including phenoxy) is 1. The van der Waals surface area contributed by atoms with E-state index in [-0.39, 0.29) is 6.10 Å². The standard InChI is InChI=1S/C23H21N5O2/c1-2-6-21(29-19-9-13-28(16-19)15-17-4-3-10-25-14-17)20(5-1)23-26-22(27-30-23)18-7-11-24-12-8-18/h1-8,10-12,14,19H,9,13,15-16H2. The molecule has 1 saturated heterocycles. The number of likely N-dealkylation sites (tertiary alicyclic amines) is 1. The van der Waals surface area contributed by atoms with E-state index in [1.807, 2.05) is 48.7 Å². The largest absolute Gasteiger partial charge is 0.488 e. The second-order valence-corrected chi connectivity index (χ2v) is 7.28. The van der Waals surface area contributed by atoms with Crippen LogP contribution in [0.15, 0.2) is 77.8 Å². The molecule has 1 fully saturated rings. The van der Waals surface area contributed by atoms with Gasteiger partial charge in [-0.25, -0.2) is 0 Å². The van der Waals surface area contributed by atoms with Crippen molar-refractivity contribution in [2.45, 2.75) is 19.1 Å². The third-order valence-corrected chi connectivity index (χ3v) is 5.13. The van der Waals surface area contributed by atoms with E-state index in [4.69, 9.17) is 9.26 Å². The first-order chi connectivity index (χ1) is 14.8. The molecule has 1 aromatic carbocycles. The van der Waals surface area contributed by atoms with Crippen LogP contribution in [0.3, 0.4) is 0 Å². The van der Waals surface area contributed by atoms with Gasteiger partial charge >= 0.3 is 0 Å². The Morgan fingerprint density at radius 1 is 1.00 bits per heavy atom. The molecule has 7 heteroatoms. The molecule has 4 aromatic rings. The van der Waals surface area contributed by atoms with Crippen LogP contribution >= 0.6 is 0 Å². The maximum absolute atomic E-state index is 6.35. The lowest BCUT2D eigenvalue weighted by atomic mass is 10.2. The van der Waals surface area contributed by atoms with Crippen LogP contribution in [-0.2, 0) is 6.54 Å². The molecule has 1 aliphatic rings. The molecule has 4 heterocycles. The van der Waals surface area contributed by atoms with Crippen molar-refractivity contribution in [3.63, 3.8) is 0 Å². The second kappa shape index (κ2) is 8.42. The maximum Gasteiger partial charge on any atom is 0.262 e. The van der Waals surface area contributed by atoms with Gasteiger partial charge in [-0.1, -0.05) is 23.4 Å². The maximum atomic E-state index is 6.35. The normalized spacial score (nSPS) is 16.6. The quantitative estimate of drug-likeness (QED) is 0.487. The monoisotopic (exact) mass is 399 g/mol. The highest BCUT2D eigenvalue weighted by molar-refractivity contribution is 5.65. The van der Waals surface area contributed by atoms with Crippen molar-refractivity contribution in [3.8, 4) is 28.6 Å². The Morgan fingerprint density at radius 2 is 1.90 bits per heavy atom. The molecule has 0 saturated carbocycles. The topological polar surface area (TPSA) is 77.2 Å². The van der Waals surface area contributed by atoms with E-state index >= 15 is 0 Å². The minimum absolute atomic E-state index is 0.116. The van der Waals surface area contributed by atoms with Crippen molar-refractivity contribution >= 4 is 0 Å². The lowest BCUT2D eigenvalue weighted by molar-refractivity contribution is 0.198. The van der Waals surface area contributed by atoms with E-state index in [2.05, 4.69) is 31.1 Å². The molecular weight excluding hydrogens is 378 g/mol. The first kappa shape index (κ1) is 18.4. The third-order valence-electron chi connectivity index (χ3n) is 5.13. The molecule has 5 rings (SSSR count). The van der Waals surface area contributed by atoms with Crippen molar-refractivity contribution in [2.75, 3.05) is 13.1 Å². The molecule has 0 bridgehead atoms. The third kappa shape index (κ3) is 4.06. The zero-order valence-electron chi connectivity index (χ0n) is 16.4. The van der Waals surface area contributed by atoms with Gasteiger partial charge in [0.2, 0.25) is 5.82 Å². The van der Waals surface area contributed by atoms with Crippen molar-refractivity contribution in [3.05, 3.63) is 78.9 Å². The van der Waals surface area contributed by atoms with E-state index in [0.29, 0.717) is 11.7 Å². The van der Waals surface area contributed by atoms with E-state index < -0.39 is 0 Å². The molecule has 3 aromatic heterocycles. The second-order valence-electron chi connectivity index (χ2n) is 7.28. The zero-order chi connectivity index (χ0) is 20.2. The number of hydrogen-bond acceptors (Lipinski definition) is 7. The Hall–Kier alpha value is -3.58. The average Bonchev–Trinajstić information content (AvgIpc) is 3.46. The van der Waals surface area contributed by atoms with Crippen LogP contribution in [0.2, 0.25) is 0 Å². The number of nitrogens with zero attached hydrogens (tertiary/aromatic N) is 5. The van der Waals surface area contributed by atoms with E-state index in [0.717, 1.165) is 42.9 Å². The number of benzene rings is 1. The van der Waals surface area contributed by atoms with E-state index in [1.54, 1.807) is 18.6 Å². The Morgan fingerprint density at radius 3 is 2.77 bits per heavy atom. The van der Waals surface area contributed by atoms with Gasteiger partial charge in [0.25, 0.3) is 5.89 Å². The van der Waals surface area contributed by atoms with Gasteiger partial charge in [-0.05, 0) is 42.3 Å². The van der Waals surface area contributed by atoms with Gasteiger partial charge < -0.3 is 9.26 Å². The molecular formula is C23H21N5O2. The summed E-state index contributed by atoms with van der Waals surface area (Å²) in [6.45, 7) is 2.75. The summed E-state index contributed by atoms with van der Waals surface area (Å²) in [6.07, 6.45) is 8.22. The lowest BCUT2D eigenvalue weighted by Gasteiger charge is -2.17. The van der Waals surface area contributed by atoms with Gasteiger partial charge in [0, 0.05) is 50.0 Å². The van der Waals surface area contributed by atoms with Gasteiger partial charge in [0.15, 0.2) is 0 Å². The molecule has 0 spiro atoms. The Balaban J connectivity index is 1.30. The fraction of sp³-hybridized carbons (Fsp3) is 0.217. The summed E-state index contributed by atoms with van der Waals surface area (Å²) in [5.41, 5.74) is 2.88. The number of aromatic nitrogens is 4. The summed E-state index contributed by atoms with van der Waals surface area (Å²) in [5.74, 6) is 1.74. The predicted octanol–water partition coefficient (Wildman–Crippen LogP) is 3.85. The van der Waals surface area contributed by atoms with Crippen molar-refractivity contribution < 1.29 is 9.26 Å². The van der Waals surface area contributed by atoms with Crippen LogP contribution in [0.5, 0.6) is 5.75 Å². The molecule has 0 aliphatic carbocycles. The summed E-state index contributed by atoms with van der Waals surface area (Å²) in [5, 5.41) is 4.11. The molecule has 0 radical (unpaired) electrons. The van der Waals surface area contributed by atoms with Crippen LogP contribution in [0.4, 0.5) is 0 Å². The van der Waals surface area contributed by atoms with Crippen LogP contribution in [0.25, 0.3) is 22.8 Å². The lowest BCUT2D eigenvalue weighted by Crippen LogP contribution is -2.24. The highest BCUT2D eigenvalue weighted by atomic mass is 16.5. The molecule has 1 aliphatic heterocycles. The van der Waals surface area contributed by atoms with Crippen LogP contribution in [0.1, 0.15) is 12.0 Å². The highest BCUT2D eigenvalue weighted by Crippen LogP contribution is 2.32. The SMILES string of the molecule is c1cncc(CN2CCC(Oc3ccccc3-c3nc(-c4ccncc4)no3)C2)c1. The number of rotatable bonds is 6. The summed E-state index contributed by atoms with van der Waals surface area (Å²) < 4.78 is 11.9. The van der Waals surface area contributed by atoms with Crippen molar-refractivity contribution in [1.82, 2.24) is 25.0 Å². The van der Waals surface area contributed by atoms with Crippen molar-refractivity contribution in [2.24, 2.45) is 0 Å². The Labute approximate surface area is 174 Å². The number of para-hydroxylation sites is 1. The average molecular weight is 399 g/mol. The van der Waals surface area contributed by atoms with Crippen LogP contribution < -0.4 is 4.74 Å². The molecule has 1 unspecified atom stereocenters. The Bertz CT molecular complexity index is 1100. The van der Waals surface area contributed by atoms with Gasteiger partial charge in [-0.15, -0.1) is 0 Å². The van der Waals surface area contributed by atoms with Crippen LogP contribution in [0, 0.1) is 0 Å². The minimum Gasteiger partial charge on any atom is -0.488 e. The van der Waals surface area contributed by atoms with Crippen LogP contribution in [-0.4, -0.2) is 44.2 Å². The zero-order valence-corrected chi connectivity index (χ0v) is 16.4. The van der Waals surface area contributed by atoms with Gasteiger partial charge in [0.1, 0.15) is 11.9 Å². The van der Waals surface area contributed by atoms with Gasteiger partial charge in [-0.2, -0.15) is 4.98 Å². The molecule has 0 amide bonds. The fourth-order valence-electron chi connectivity index (χ4n) is 3.66. The summed E-state index contributed by atoms with van der Waals surface area (Å²) in [6, 6.07) is 15.6. The molecule has 0 N–H and O–H groups in total. The van der Waals surface area contributed by atoms with E-state index in [9.17, 15) is 0 Å². The highest BCUT2D eigenvalue weighted by Gasteiger charge is 2.25. The smallest absolute Gasteiger partial charge is 0.262 e. The van der Waals surface area contributed by atoms with E-state index in [1.165, 1.54) is 5.56 Å². The first-order valence-corrected chi connectivity index (χ1v) is 9.96. The molecule has 150 valence electrons. The fourth-order valence-corrected chi connectivity index (χ4v) is 3.66. The summed E-state index contributed by atoms with van der Waals surface area (Å²) in [7, 11) is 0. The molecule has 30 heavy (non-hydrogen) atoms. The van der Waals surface area contributed by atoms with Crippen molar-refractivity contribution in [1.29, 1.82) is 0 Å². The first-order valence-electron chi connectivity index (χ1n) is 9.96. The molecule has 1 atom stereocenters. The minimum atomic E-state index is 0.116. The summed E-state index contributed by atoms with van der Waals surface area (Å²) >= 11 is 0. The van der Waals surface area contributed by atoms with Gasteiger partial charge in [0.05, 0.1) is 5.56 Å². The molecule has 7 nitrogen and oxygen atoms in total. The summed E-state index contributed by atoms with van der Waals surface area (Å²) in [4.78, 5) is 15.2.